The van der Waals surface area contributed by atoms with Crippen molar-refractivity contribution in [3.63, 3.8) is 0 Å². The summed E-state index contributed by atoms with van der Waals surface area (Å²) in [5, 5.41) is 11.3. The molecule has 1 aromatic carbocycles. The molecule has 188 valence electrons. The Labute approximate surface area is 200 Å². The molecular weight excluding hydrogens is 438 g/mol. The highest BCUT2D eigenvalue weighted by atomic mass is 31.2. The molecule has 0 aromatic heterocycles. The van der Waals surface area contributed by atoms with E-state index >= 15 is 0 Å². The predicted molar refractivity (Wildman–Crippen MR) is 131 cm³/mol. The zero-order valence-corrected chi connectivity index (χ0v) is 22.1. The lowest BCUT2D eigenvalue weighted by molar-refractivity contribution is -0.0156. The van der Waals surface area contributed by atoms with Crippen LogP contribution in [0.3, 0.4) is 0 Å². The van der Waals surface area contributed by atoms with E-state index in [1.165, 1.54) is 12.1 Å². The number of rotatable bonds is 8. The Morgan fingerprint density at radius 1 is 0.879 bits per heavy atom. The van der Waals surface area contributed by atoms with Gasteiger partial charge in [0.05, 0.1) is 12.2 Å². The Hall–Kier alpha value is -0.740. The molecule has 0 amide bonds. The second-order valence-corrected chi connectivity index (χ2v) is 13.4. The second-order valence-electron chi connectivity index (χ2n) is 11.4. The van der Waals surface area contributed by atoms with Gasteiger partial charge in [0.25, 0.3) is 0 Å². The first kappa shape index (κ1) is 26.9. The van der Waals surface area contributed by atoms with E-state index in [2.05, 4.69) is 41.5 Å². The van der Waals surface area contributed by atoms with Crippen LogP contribution in [0.15, 0.2) is 24.3 Å². The van der Waals surface area contributed by atoms with Gasteiger partial charge < -0.3 is 14.2 Å². The van der Waals surface area contributed by atoms with E-state index in [1.54, 1.807) is 12.1 Å². The first-order chi connectivity index (χ1) is 15.5. The van der Waals surface area contributed by atoms with E-state index in [0.29, 0.717) is 23.7 Å². The number of benzene rings is 1. The van der Waals surface area contributed by atoms with Crippen LogP contribution in [0.4, 0.5) is 4.39 Å². The van der Waals surface area contributed by atoms with Crippen LogP contribution in [0.2, 0.25) is 0 Å². The third kappa shape index (κ3) is 6.48. The molecule has 7 atom stereocenters. The molecule has 0 radical (unpaired) electrons. The van der Waals surface area contributed by atoms with Crippen molar-refractivity contribution in [3.8, 4) is 0 Å². The minimum atomic E-state index is -4.09. The highest BCUT2D eigenvalue weighted by Crippen LogP contribution is 2.64. The number of aliphatic hydroxyl groups is 1. The standard InChI is InChI=1S/C27H44FO4P/c1-17(2)21-13-11-19(5)15-25(21)31-33(30,27(29)23-9-7-8-10-24(23)28)32-26-16-20(6)12-14-22(26)18(3)4/h7-10,17-22,25-27,29H,11-16H2,1-6H3/t19-,20-,21+,22+,25-,26-,27+/m1/s1. The summed E-state index contributed by atoms with van der Waals surface area (Å²) in [5.74, 6) is -0.154. The molecule has 0 unspecified atom stereocenters. The van der Waals surface area contributed by atoms with Crippen LogP contribution >= 0.6 is 7.60 Å². The zero-order chi connectivity index (χ0) is 24.3. The molecule has 0 spiro atoms. The van der Waals surface area contributed by atoms with E-state index in [1.807, 2.05) is 0 Å². The van der Waals surface area contributed by atoms with Gasteiger partial charge in [-0.1, -0.05) is 72.6 Å². The second kappa shape index (κ2) is 11.3. The molecule has 6 heteroatoms. The molecule has 4 nitrogen and oxygen atoms in total. The molecule has 2 fully saturated rings. The molecule has 2 saturated carbocycles. The lowest BCUT2D eigenvalue weighted by Crippen LogP contribution is -2.37. The molecule has 2 aliphatic rings. The summed E-state index contributed by atoms with van der Waals surface area (Å²) in [6.07, 6.45) is 5.20. The van der Waals surface area contributed by atoms with Crippen molar-refractivity contribution in [1.82, 2.24) is 0 Å². The molecule has 0 aliphatic heterocycles. The molecular formula is C27H44FO4P. The van der Waals surface area contributed by atoms with E-state index in [-0.39, 0.29) is 29.6 Å². The van der Waals surface area contributed by atoms with E-state index in [4.69, 9.17) is 9.05 Å². The smallest absolute Gasteiger partial charge is 0.364 e. The Balaban J connectivity index is 1.96. The predicted octanol–water partition coefficient (Wildman–Crippen LogP) is 7.96. The van der Waals surface area contributed by atoms with E-state index in [0.717, 1.165) is 38.5 Å². The van der Waals surface area contributed by atoms with Crippen molar-refractivity contribution in [2.45, 2.75) is 98.1 Å². The minimum absolute atomic E-state index is 0.0178. The van der Waals surface area contributed by atoms with Gasteiger partial charge in [-0.15, -0.1) is 0 Å². The summed E-state index contributed by atoms with van der Waals surface area (Å²) in [6.45, 7) is 13.0. The van der Waals surface area contributed by atoms with Crippen LogP contribution in [-0.4, -0.2) is 17.3 Å². The van der Waals surface area contributed by atoms with Gasteiger partial charge in [-0.3, -0.25) is 4.57 Å². The zero-order valence-electron chi connectivity index (χ0n) is 21.2. The normalized spacial score (nSPS) is 32.3. The lowest BCUT2D eigenvalue weighted by atomic mass is 9.75. The van der Waals surface area contributed by atoms with Crippen molar-refractivity contribution in [1.29, 1.82) is 0 Å². The topological polar surface area (TPSA) is 55.8 Å². The quantitative estimate of drug-likeness (QED) is 0.382. The van der Waals surface area contributed by atoms with Gasteiger partial charge in [-0.25, -0.2) is 4.39 Å². The van der Waals surface area contributed by atoms with Crippen molar-refractivity contribution < 1.29 is 23.1 Å². The number of halogens is 1. The van der Waals surface area contributed by atoms with Crippen LogP contribution < -0.4 is 0 Å². The molecule has 0 heterocycles. The van der Waals surface area contributed by atoms with Crippen LogP contribution in [0.25, 0.3) is 0 Å². The Morgan fingerprint density at radius 2 is 1.33 bits per heavy atom. The molecule has 33 heavy (non-hydrogen) atoms. The van der Waals surface area contributed by atoms with Crippen LogP contribution in [-0.2, 0) is 13.6 Å². The monoisotopic (exact) mass is 482 g/mol. The Bertz CT molecular complexity index is 775. The molecule has 1 N–H and O–H groups in total. The highest BCUT2D eigenvalue weighted by Gasteiger charge is 2.47. The maximum Gasteiger partial charge on any atom is 0.364 e. The van der Waals surface area contributed by atoms with E-state index < -0.39 is 19.3 Å². The third-order valence-electron chi connectivity index (χ3n) is 7.97. The van der Waals surface area contributed by atoms with Gasteiger partial charge in [0.1, 0.15) is 5.82 Å². The molecule has 0 bridgehead atoms. The fourth-order valence-electron chi connectivity index (χ4n) is 5.84. The minimum Gasteiger partial charge on any atom is -0.376 e. The van der Waals surface area contributed by atoms with Crippen molar-refractivity contribution in [2.24, 2.45) is 35.5 Å². The fourth-order valence-corrected chi connectivity index (χ4v) is 7.91. The third-order valence-corrected chi connectivity index (χ3v) is 9.98. The molecule has 1 aromatic rings. The molecule has 0 saturated heterocycles. The van der Waals surface area contributed by atoms with Gasteiger partial charge in [0.15, 0.2) is 5.85 Å². The van der Waals surface area contributed by atoms with Gasteiger partial charge in [0.2, 0.25) is 0 Å². The maximum atomic E-state index is 14.7. The summed E-state index contributed by atoms with van der Waals surface area (Å²) >= 11 is 0. The SMILES string of the molecule is CC(C)[C@@H]1CC[C@@H](C)C[C@H]1OP(=O)(O[C@@H]1C[C@H](C)CC[C@H]1C(C)C)[C@H](O)c1ccccc1F. The van der Waals surface area contributed by atoms with Crippen LogP contribution in [0, 0.1) is 41.3 Å². The Morgan fingerprint density at radius 3 is 1.76 bits per heavy atom. The van der Waals surface area contributed by atoms with Crippen LogP contribution in [0.5, 0.6) is 0 Å². The molecule has 2 aliphatic carbocycles. The van der Waals surface area contributed by atoms with Gasteiger partial charge in [0, 0.05) is 5.56 Å². The lowest BCUT2D eigenvalue weighted by Gasteiger charge is -2.42. The maximum absolute atomic E-state index is 14.7. The summed E-state index contributed by atoms with van der Waals surface area (Å²) in [4.78, 5) is 0. The summed E-state index contributed by atoms with van der Waals surface area (Å²) < 4.78 is 41.9. The van der Waals surface area contributed by atoms with Gasteiger partial charge in [-0.2, -0.15) is 0 Å². The van der Waals surface area contributed by atoms with Gasteiger partial charge in [-0.05, 0) is 67.3 Å². The van der Waals surface area contributed by atoms with E-state index in [9.17, 15) is 14.1 Å². The first-order valence-corrected chi connectivity index (χ1v) is 14.5. The fraction of sp³-hybridized carbons (Fsp3) is 0.778. The summed E-state index contributed by atoms with van der Waals surface area (Å²) in [5.41, 5.74) is -0.0178. The average molecular weight is 483 g/mol. The number of hydrogen-bond acceptors (Lipinski definition) is 4. The van der Waals surface area contributed by atoms with Crippen molar-refractivity contribution in [3.05, 3.63) is 35.6 Å². The van der Waals surface area contributed by atoms with Gasteiger partial charge >= 0.3 is 7.60 Å². The number of hydrogen-bond donors (Lipinski definition) is 1. The first-order valence-electron chi connectivity index (χ1n) is 12.9. The van der Waals surface area contributed by atoms with Crippen molar-refractivity contribution >= 4 is 7.60 Å². The Kier molecular flexibility index (Phi) is 9.22. The van der Waals surface area contributed by atoms with Crippen molar-refractivity contribution in [2.75, 3.05) is 0 Å². The summed E-state index contributed by atoms with van der Waals surface area (Å²) in [6, 6.07) is 5.97. The average Bonchev–Trinajstić information content (AvgIpc) is 2.73. The number of aliphatic hydroxyl groups excluding tert-OH is 1. The van der Waals surface area contributed by atoms with Crippen LogP contribution in [0.1, 0.15) is 91.5 Å². The highest BCUT2D eigenvalue weighted by molar-refractivity contribution is 7.54. The molecule has 3 rings (SSSR count). The largest absolute Gasteiger partial charge is 0.376 e. The summed E-state index contributed by atoms with van der Waals surface area (Å²) in [7, 11) is -4.09.